The molecule has 0 spiro atoms. The van der Waals surface area contributed by atoms with Crippen LogP contribution in [0.3, 0.4) is 0 Å². The van der Waals surface area contributed by atoms with Gasteiger partial charge in [-0.1, -0.05) is 17.7 Å². The topological polar surface area (TPSA) is 89.6 Å². The number of benzene rings is 1. The molecular formula is C18H18ClN3O4. The van der Waals surface area contributed by atoms with Crippen LogP contribution in [0.1, 0.15) is 23.7 Å². The number of nitrogens with zero attached hydrogens (tertiary/aromatic N) is 1. The second-order valence-corrected chi connectivity index (χ2v) is 6.24. The molecule has 1 aliphatic heterocycles. The molecule has 0 bridgehead atoms. The fourth-order valence-electron chi connectivity index (χ4n) is 2.48. The van der Waals surface area contributed by atoms with E-state index in [4.69, 9.17) is 21.1 Å². The van der Waals surface area contributed by atoms with Gasteiger partial charge in [0.1, 0.15) is 11.1 Å². The summed E-state index contributed by atoms with van der Waals surface area (Å²) >= 11 is 6.18. The molecule has 0 radical (unpaired) electrons. The minimum absolute atomic E-state index is 0.0730. The van der Waals surface area contributed by atoms with E-state index in [-0.39, 0.29) is 28.8 Å². The molecule has 8 heteroatoms. The van der Waals surface area contributed by atoms with Crippen LogP contribution in [0, 0.1) is 0 Å². The van der Waals surface area contributed by atoms with Crippen molar-refractivity contribution in [3.05, 3.63) is 47.1 Å². The minimum atomic E-state index is -0.366. The molecule has 136 valence electrons. The molecule has 1 aliphatic rings. The number of pyridine rings is 1. The lowest BCUT2D eigenvalue weighted by Crippen LogP contribution is -2.17. The summed E-state index contributed by atoms with van der Waals surface area (Å²) in [5.74, 6) is -0.269. The molecule has 1 saturated heterocycles. The summed E-state index contributed by atoms with van der Waals surface area (Å²) in [7, 11) is 0. The Labute approximate surface area is 155 Å². The maximum absolute atomic E-state index is 12.4. The predicted molar refractivity (Wildman–Crippen MR) is 97.8 cm³/mol. The van der Waals surface area contributed by atoms with Crippen molar-refractivity contribution >= 4 is 34.8 Å². The highest BCUT2D eigenvalue weighted by Gasteiger charge is 2.20. The number of ether oxygens (including phenoxy) is 2. The molecule has 2 aromatic rings. The molecule has 2 N–H and O–H groups in total. The summed E-state index contributed by atoms with van der Waals surface area (Å²) in [6.45, 7) is 2.57. The Bertz CT molecular complexity index is 822. The smallest absolute Gasteiger partial charge is 0.257 e. The molecule has 1 fully saturated rings. The molecule has 2 amide bonds. The van der Waals surface area contributed by atoms with Crippen LogP contribution in [0.15, 0.2) is 36.5 Å². The number of hydrogen-bond donors (Lipinski definition) is 2. The first-order valence-electron chi connectivity index (χ1n) is 8.10. The minimum Gasteiger partial charge on any atom is -0.471 e. The lowest BCUT2D eigenvalue weighted by Gasteiger charge is -2.13. The number of anilines is 2. The maximum atomic E-state index is 12.4. The summed E-state index contributed by atoms with van der Waals surface area (Å²) in [6.07, 6.45) is 2.12. The van der Waals surface area contributed by atoms with Crippen LogP contribution in [-0.2, 0) is 9.53 Å². The van der Waals surface area contributed by atoms with E-state index in [1.807, 2.05) is 0 Å². The zero-order valence-electron chi connectivity index (χ0n) is 14.1. The maximum Gasteiger partial charge on any atom is 0.257 e. The molecule has 0 saturated carbocycles. The van der Waals surface area contributed by atoms with Crippen molar-refractivity contribution in [3.63, 3.8) is 0 Å². The monoisotopic (exact) mass is 375 g/mol. The third kappa shape index (κ3) is 4.71. The van der Waals surface area contributed by atoms with Gasteiger partial charge in [-0.05, 0) is 24.3 Å². The first-order chi connectivity index (χ1) is 12.5. The summed E-state index contributed by atoms with van der Waals surface area (Å²) in [5.41, 5.74) is 1.43. The van der Waals surface area contributed by atoms with Crippen LogP contribution in [0.25, 0.3) is 0 Å². The molecule has 1 aromatic heterocycles. The van der Waals surface area contributed by atoms with E-state index < -0.39 is 0 Å². The average Bonchev–Trinajstić information content (AvgIpc) is 3.09. The van der Waals surface area contributed by atoms with Gasteiger partial charge in [0, 0.05) is 30.9 Å². The predicted octanol–water partition coefficient (Wildman–Crippen LogP) is 3.11. The number of halogens is 1. The van der Waals surface area contributed by atoms with Gasteiger partial charge < -0.3 is 20.1 Å². The Hall–Kier alpha value is -2.64. The second kappa shape index (κ2) is 8.16. The van der Waals surface area contributed by atoms with Crippen molar-refractivity contribution in [1.82, 2.24) is 4.98 Å². The van der Waals surface area contributed by atoms with E-state index in [2.05, 4.69) is 15.6 Å². The van der Waals surface area contributed by atoms with Crippen LogP contribution in [-0.4, -0.2) is 36.1 Å². The molecular weight excluding hydrogens is 358 g/mol. The largest absolute Gasteiger partial charge is 0.471 e. The fourth-order valence-corrected chi connectivity index (χ4v) is 2.69. The number of aromatic nitrogens is 1. The van der Waals surface area contributed by atoms with Crippen LogP contribution in [0.4, 0.5) is 11.4 Å². The summed E-state index contributed by atoms with van der Waals surface area (Å²) in [4.78, 5) is 27.7. The lowest BCUT2D eigenvalue weighted by atomic mass is 10.2. The molecule has 7 nitrogen and oxygen atoms in total. The Morgan fingerprint density at radius 1 is 1.27 bits per heavy atom. The lowest BCUT2D eigenvalue weighted by molar-refractivity contribution is -0.114. The number of carbonyl (C=O) groups is 2. The van der Waals surface area contributed by atoms with Crippen molar-refractivity contribution in [2.75, 3.05) is 23.8 Å². The zero-order valence-corrected chi connectivity index (χ0v) is 14.9. The summed E-state index contributed by atoms with van der Waals surface area (Å²) < 4.78 is 10.9. The van der Waals surface area contributed by atoms with Gasteiger partial charge in [0.05, 0.1) is 18.8 Å². The van der Waals surface area contributed by atoms with E-state index in [1.54, 1.807) is 24.3 Å². The Kier molecular flexibility index (Phi) is 5.70. The Balaban J connectivity index is 1.67. The average molecular weight is 376 g/mol. The number of nitrogens with one attached hydrogen (secondary N) is 2. The second-order valence-electron chi connectivity index (χ2n) is 5.83. The van der Waals surface area contributed by atoms with Crippen LogP contribution < -0.4 is 15.4 Å². The SMILES string of the molecule is CC(=O)Nc1cccc(NC(=O)c2cnc(OC3CCOC3)c(Cl)c2)c1. The number of carbonyl (C=O) groups excluding carboxylic acids is 2. The molecule has 3 rings (SSSR count). The Morgan fingerprint density at radius 2 is 2.04 bits per heavy atom. The van der Waals surface area contributed by atoms with E-state index >= 15 is 0 Å². The summed E-state index contributed by atoms with van der Waals surface area (Å²) in [5, 5.41) is 5.66. The molecule has 2 heterocycles. The van der Waals surface area contributed by atoms with E-state index in [0.717, 1.165) is 6.42 Å². The molecule has 1 atom stereocenters. The van der Waals surface area contributed by atoms with Crippen molar-refractivity contribution < 1.29 is 19.1 Å². The highest BCUT2D eigenvalue weighted by atomic mass is 35.5. The van der Waals surface area contributed by atoms with Gasteiger partial charge in [-0.15, -0.1) is 0 Å². The normalized spacial score (nSPS) is 16.2. The first-order valence-corrected chi connectivity index (χ1v) is 8.48. The van der Waals surface area contributed by atoms with E-state index in [9.17, 15) is 9.59 Å². The van der Waals surface area contributed by atoms with Crippen LogP contribution in [0.2, 0.25) is 5.02 Å². The van der Waals surface area contributed by atoms with Crippen LogP contribution in [0.5, 0.6) is 5.88 Å². The quantitative estimate of drug-likeness (QED) is 0.838. The third-order valence-corrected chi connectivity index (χ3v) is 3.95. The highest BCUT2D eigenvalue weighted by Crippen LogP contribution is 2.25. The van der Waals surface area contributed by atoms with Crippen molar-refractivity contribution in [2.45, 2.75) is 19.4 Å². The van der Waals surface area contributed by atoms with Gasteiger partial charge in [0.15, 0.2) is 0 Å². The number of hydrogen-bond acceptors (Lipinski definition) is 5. The molecule has 1 unspecified atom stereocenters. The molecule has 1 aromatic carbocycles. The van der Waals surface area contributed by atoms with Gasteiger partial charge >= 0.3 is 0 Å². The van der Waals surface area contributed by atoms with Gasteiger partial charge in [-0.3, -0.25) is 9.59 Å². The fraction of sp³-hybridized carbons (Fsp3) is 0.278. The number of amides is 2. The van der Waals surface area contributed by atoms with Gasteiger partial charge in [0.2, 0.25) is 11.8 Å². The van der Waals surface area contributed by atoms with Crippen molar-refractivity contribution in [1.29, 1.82) is 0 Å². The van der Waals surface area contributed by atoms with Crippen molar-refractivity contribution in [3.8, 4) is 5.88 Å². The summed E-state index contributed by atoms with van der Waals surface area (Å²) in [6, 6.07) is 8.34. The standard InChI is InChI=1S/C18H18ClN3O4/c1-11(23)21-13-3-2-4-14(8-13)22-17(24)12-7-16(19)18(20-9-12)26-15-5-6-25-10-15/h2-4,7-9,15H,5-6,10H2,1H3,(H,21,23)(H,22,24). The Morgan fingerprint density at radius 3 is 2.69 bits per heavy atom. The molecule has 26 heavy (non-hydrogen) atoms. The van der Waals surface area contributed by atoms with Gasteiger partial charge in [-0.25, -0.2) is 4.98 Å². The van der Waals surface area contributed by atoms with Gasteiger partial charge in [-0.2, -0.15) is 0 Å². The van der Waals surface area contributed by atoms with Crippen LogP contribution >= 0.6 is 11.6 Å². The molecule has 0 aliphatic carbocycles. The van der Waals surface area contributed by atoms with E-state index in [0.29, 0.717) is 30.2 Å². The first kappa shape index (κ1) is 18.2. The van der Waals surface area contributed by atoms with Crippen molar-refractivity contribution in [2.24, 2.45) is 0 Å². The highest BCUT2D eigenvalue weighted by molar-refractivity contribution is 6.32. The van der Waals surface area contributed by atoms with Gasteiger partial charge in [0.25, 0.3) is 5.91 Å². The van der Waals surface area contributed by atoms with E-state index in [1.165, 1.54) is 19.2 Å². The zero-order chi connectivity index (χ0) is 18.5. The number of rotatable bonds is 5. The third-order valence-electron chi connectivity index (χ3n) is 3.68.